The normalized spacial score (nSPS) is 11.6. The SMILES string of the molecule is CC(C)c1ccnc(-n2c3[c-]c(Oc4[c-]c(-n5[c-][n+](-c6c(-c7ccccc7)cccc6-c6ccccc6)c6ccccc65)ccc4)ccc3c3cc(-n4c5ccccc5c5ccccc54)ccc32)c1.[Pt]. The van der Waals surface area contributed by atoms with Crippen molar-refractivity contribution in [3.63, 3.8) is 0 Å². The second-order valence-corrected chi connectivity index (χ2v) is 17.8. The van der Waals surface area contributed by atoms with Crippen molar-refractivity contribution in [1.29, 1.82) is 0 Å². The van der Waals surface area contributed by atoms with Gasteiger partial charge in [0, 0.05) is 60.7 Å². The third-order valence-electron chi connectivity index (χ3n) is 13.3. The largest absolute Gasteiger partial charge is 0.510 e. The van der Waals surface area contributed by atoms with Crippen LogP contribution in [-0.2, 0) is 21.1 Å². The Balaban J connectivity index is 0.00000505. The van der Waals surface area contributed by atoms with Gasteiger partial charge in [-0.1, -0.05) is 159 Å². The summed E-state index contributed by atoms with van der Waals surface area (Å²) in [5, 5.41) is 4.62. The summed E-state index contributed by atoms with van der Waals surface area (Å²) in [4.78, 5) is 4.95. The number of nitrogens with zero attached hydrogens (tertiary/aromatic N) is 5. The van der Waals surface area contributed by atoms with Gasteiger partial charge in [-0.3, -0.25) is 4.57 Å². The fraction of sp³-hybridized carbons (Fsp3) is 0.0476. The summed E-state index contributed by atoms with van der Waals surface area (Å²) >= 11 is 0. The van der Waals surface area contributed by atoms with Crippen molar-refractivity contribution in [3.8, 4) is 56.6 Å². The Morgan fingerprint density at radius 2 is 1.11 bits per heavy atom. The van der Waals surface area contributed by atoms with E-state index in [1.54, 1.807) is 0 Å². The molecule has 0 radical (unpaired) electrons. The minimum atomic E-state index is 0. The first kappa shape index (κ1) is 43.0. The minimum absolute atomic E-state index is 0. The molecule has 0 aliphatic heterocycles. The average Bonchev–Trinajstić information content (AvgIpc) is 4.07. The Hall–Kier alpha value is -8.31. The number of hydrogen-bond donors (Lipinski definition) is 0. The molecule has 338 valence electrons. The van der Waals surface area contributed by atoms with Crippen LogP contribution in [0, 0.1) is 18.5 Å². The van der Waals surface area contributed by atoms with Crippen LogP contribution in [-0.4, -0.2) is 18.7 Å². The number of ether oxygens (including phenoxy) is 1. The zero-order valence-corrected chi connectivity index (χ0v) is 40.6. The van der Waals surface area contributed by atoms with Gasteiger partial charge in [0.1, 0.15) is 5.82 Å². The van der Waals surface area contributed by atoms with Gasteiger partial charge in [-0.15, -0.1) is 29.7 Å². The third-order valence-corrected chi connectivity index (χ3v) is 13.3. The van der Waals surface area contributed by atoms with E-state index in [-0.39, 0.29) is 21.1 Å². The quantitative estimate of drug-likeness (QED) is 0.107. The number of hydrogen-bond acceptors (Lipinski definition) is 2. The van der Waals surface area contributed by atoms with E-state index in [0.717, 1.165) is 78.0 Å². The molecule has 0 aliphatic carbocycles. The summed E-state index contributed by atoms with van der Waals surface area (Å²) < 4.78 is 15.6. The molecule has 9 aromatic carbocycles. The van der Waals surface area contributed by atoms with Gasteiger partial charge in [0.05, 0.1) is 27.8 Å². The first-order valence-corrected chi connectivity index (χ1v) is 23.4. The van der Waals surface area contributed by atoms with E-state index in [1.807, 2.05) is 30.5 Å². The molecule has 70 heavy (non-hydrogen) atoms. The van der Waals surface area contributed by atoms with Gasteiger partial charge >= 0.3 is 0 Å². The van der Waals surface area contributed by atoms with Crippen molar-refractivity contribution in [1.82, 2.24) is 18.7 Å². The number of imidazole rings is 1. The molecule has 6 nitrogen and oxygen atoms in total. The van der Waals surface area contributed by atoms with E-state index >= 15 is 0 Å². The number of rotatable bonds is 9. The molecule has 4 heterocycles. The third kappa shape index (κ3) is 7.22. The summed E-state index contributed by atoms with van der Waals surface area (Å²) in [5.74, 6) is 2.30. The molecule has 0 fully saturated rings. The molecule has 0 spiro atoms. The molecule has 13 rings (SSSR count). The van der Waals surface area contributed by atoms with Crippen molar-refractivity contribution >= 4 is 54.6 Å². The Bertz CT molecular complexity index is 3980. The topological polar surface area (TPSA) is 40.8 Å². The van der Waals surface area contributed by atoms with E-state index in [0.29, 0.717) is 17.4 Å². The summed E-state index contributed by atoms with van der Waals surface area (Å²) in [6.07, 6.45) is 5.68. The fourth-order valence-corrected chi connectivity index (χ4v) is 10.1. The second kappa shape index (κ2) is 17.6. The van der Waals surface area contributed by atoms with Crippen LogP contribution in [0.2, 0.25) is 0 Å². The second-order valence-electron chi connectivity index (χ2n) is 17.8. The smallest absolute Gasteiger partial charge is 0.268 e. The zero-order chi connectivity index (χ0) is 46.0. The van der Waals surface area contributed by atoms with Gasteiger partial charge in [-0.2, -0.15) is 18.2 Å². The van der Waals surface area contributed by atoms with Gasteiger partial charge in [0.2, 0.25) is 0 Å². The Morgan fingerprint density at radius 3 is 1.81 bits per heavy atom. The predicted molar refractivity (Wildman–Crippen MR) is 279 cm³/mol. The molecule has 0 amide bonds. The van der Waals surface area contributed by atoms with Gasteiger partial charge < -0.3 is 18.4 Å². The van der Waals surface area contributed by atoms with Crippen molar-refractivity contribution in [2.75, 3.05) is 0 Å². The van der Waals surface area contributed by atoms with Gasteiger partial charge in [-0.05, 0) is 87.3 Å². The van der Waals surface area contributed by atoms with Crippen molar-refractivity contribution in [3.05, 3.63) is 243 Å². The van der Waals surface area contributed by atoms with E-state index in [4.69, 9.17) is 9.72 Å². The number of fused-ring (bicyclic) bond motifs is 7. The Labute approximate surface area is 420 Å². The fourth-order valence-electron chi connectivity index (χ4n) is 10.1. The first-order chi connectivity index (χ1) is 34.1. The maximum absolute atomic E-state index is 6.75. The molecule has 0 N–H and O–H groups in total. The maximum atomic E-state index is 6.75. The minimum Gasteiger partial charge on any atom is -0.510 e. The predicted octanol–water partition coefficient (Wildman–Crippen LogP) is 15.1. The van der Waals surface area contributed by atoms with Gasteiger partial charge in [0.15, 0.2) is 0 Å². The molecule has 0 bridgehead atoms. The van der Waals surface area contributed by atoms with Crippen LogP contribution >= 0.6 is 0 Å². The Morgan fingerprint density at radius 1 is 0.500 bits per heavy atom. The number of aromatic nitrogens is 5. The van der Waals surface area contributed by atoms with Gasteiger partial charge in [0.25, 0.3) is 6.33 Å². The van der Waals surface area contributed by atoms with Crippen LogP contribution in [0.4, 0.5) is 0 Å². The molecule has 7 heteroatoms. The molecular weight excluding hydrogens is 1040 g/mol. The van der Waals surface area contributed by atoms with Crippen LogP contribution in [0.15, 0.2) is 219 Å². The summed E-state index contributed by atoms with van der Waals surface area (Å²) in [6.45, 7) is 4.43. The molecule has 0 saturated heterocycles. The molecule has 13 aromatic rings. The van der Waals surface area contributed by atoms with E-state index in [1.165, 1.54) is 27.4 Å². The molecular formula is C63H43N5OPt-2. The molecule has 0 aliphatic rings. The van der Waals surface area contributed by atoms with E-state index < -0.39 is 0 Å². The van der Waals surface area contributed by atoms with E-state index in [9.17, 15) is 0 Å². The van der Waals surface area contributed by atoms with Crippen molar-refractivity contribution < 1.29 is 30.4 Å². The Kier molecular flexibility index (Phi) is 10.8. The first-order valence-electron chi connectivity index (χ1n) is 23.4. The summed E-state index contributed by atoms with van der Waals surface area (Å²) in [7, 11) is 0. The molecule has 4 aromatic heterocycles. The van der Waals surface area contributed by atoms with Crippen molar-refractivity contribution in [2.45, 2.75) is 19.8 Å². The van der Waals surface area contributed by atoms with Crippen LogP contribution in [0.3, 0.4) is 0 Å². The van der Waals surface area contributed by atoms with Gasteiger partial charge in [-0.25, -0.2) is 4.98 Å². The monoisotopic (exact) mass is 1080 g/mol. The number of para-hydroxylation sites is 5. The van der Waals surface area contributed by atoms with Crippen LogP contribution in [0.1, 0.15) is 25.3 Å². The summed E-state index contributed by atoms with van der Waals surface area (Å²) in [5.41, 5.74) is 14.9. The van der Waals surface area contributed by atoms with Crippen LogP contribution in [0.25, 0.3) is 99.8 Å². The summed E-state index contributed by atoms with van der Waals surface area (Å²) in [6, 6.07) is 81.9. The molecule has 0 unspecified atom stereocenters. The molecule has 0 saturated carbocycles. The molecule has 0 atom stereocenters. The zero-order valence-electron chi connectivity index (χ0n) is 38.3. The standard InChI is InChI=1S/C63H43N5O.Pt/c1-42(2)45-35-36-64-62(37-45)68-58-34-31-47(67-56-27-11-9-23-52(56)53-24-10-12-28-57(53)67)39-55(58)54-33-32-49(40-61(54)68)69-48-22-15-21-46(38-48)65-41-66(60-30-14-13-29-59(60)65)63-50(43-17-5-3-6-18-43)25-16-26-51(63)44-19-7-4-8-20-44;/h3-37,39,42H,1-2H3;/q-2;. The van der Waals surface area contributed by atoms with Crippen molar-refractivity contribution in [2.24, 2.45) is 0 Å². The number of benzene rings is 9. The van der Waals surface area contributed by atoms with Crippen LogP contribution < -0.4 is 9.30 Å². The maximum Gasteiger partial charge on any atom is 0.268 e. The van der Waals surface area contributed by atoms with E-state index in [2.05, 4.69) is 239 Å². The number of pyridine rings is 1. The average molecular weight is 1080 g/mol. The van der Waals surface area contributed by atoms with Crippen LogP contribution in [0.5, 0.6) is 11.5 Å².